The van der Waals surface area contributed by atoms with Crippen molar-refractivity contribution in [2.75, 3.05) is 5.33 Å². The zero-order chi connectivity index (χ0) is 11.4. The van der Waals surface area contributed by atoms with Crippen LogP contribution in [0.3, 0.4) is 0 Å². The van der Waals surface area contributed by atoms with Crippen LogP contribution in [0.25, 0.3) is 0 Å². The average molecular weight is 293 g/mol. The van der Waals surface area contributed by atoms with E-state index in [1.807, 2.05) is 6.92 Å². The van der Waals surface area contributed by atoms with Crippen molar-refractivity contribution in [3.05, 3.63) is 28.8 Å². The van der Waals surface area contributed by atoms with Crippen LogP contribution >= 0.6 is 27.5 Å². The number of rotatable bonds is 3. The van der Waals surface area contributed by atoms with Crippen LogP contribution in [0, 0.1) is 0 Å². The molecule has 1 aromatic carbocycles. The molecule has 5 heteroatoms. The van der Waals surface area contributed by atoms with Crippen molar-refractivity contribution >= 4 is 33.4 Å². The van der Waals surface area contributed by atoms with Crippen LogP contribution in [0.2, 0.25) is 5.02 Å². The summed E-state index contributed by atoms with van der Waals surface area (Å²) in [7, 11) is 0. The van der Waals surface area contributed by atoms with Crippen LogP contribution in [0.4, 0.5) is 0 Å². The van der Waals surface area contributed by atoms with Crippen LogP contribution in [-0.4, -0.2) is 22.4 Å². The SMILES string of the molecule is CC(CBr)NC(=O)c1ccc(O)c(Cl)c1. The minimum atomic E-state index is -0.205. The Kier molecular flexibility index (Phi) is 4.42. The van der Waals surface area contributed by atoms with Crippen molar-refractivity contribution in [2.45, 2.75) is 13.0 Å². The van der Waals surface area contributed by atoms with Crippen LogP contribution in [0.5, 0.6) is 5.75 Å². The molecule has 0 heterocycles. The molecule has 1 rings (SSSR count). The Morgan fingerprint density at radius 1 is 1.67 bits per heavy atom. The summed E-state index contributed by atoms with van der Waals surface area (Å²) in [6, 6.07) is 4.41. The molecule has 0 saturated carbocycles. The lowest BCUT2D eigenvalue weighted by atomic mass is 10.2. The molecular weight excluding hydrogens is 281 g/mol. The highest BCUT2D eigenvalue weighted by Crippen LogP contribution is 2.23. The first kappa shape index (κ1) is 12.3. The fourth-order valence-electron chi connectivity index (χ4n) is 0.994. The lowest BCUT2D eigenvalue weighted by Crippen LogP contribution is -2.33. The van der Waals surface area contributed by atoms with Crippen LogP contribution in [0.15, 0.2) is 18.2 Å². The van der Waals surface area contributed by atoms with Gasteiger partial charge in [-0.05, 0) is 25.1 Å². The number of phenols is 1. The Morgan fingerprint density at radius 3 is 2.87 bits per heavy atom. The topological polar surface area (TPSA) is 49.3 Å². The summed E-state index contributed by atoms with van der Waals surface area (Å²) in [4.78, 5) is 11.6. The van der Waals surface area contributed by atoms with E-state index in [4.69, 9.17) is 11.6 Å². The third-order valence-electron chi connectivity index (χ3n) is 1.82. The third-order valence-corrected chi connectivity index (χ3v) is 3.09. The Hall–Kier alpha value is -0.740. The predicted molar refractivity (Wildman–Crippen MR) is 63.8 cm³/mol. The molecule has 3 nitrogen and oxygen atoms in total. The fraction of sp³-hybridized carbons (Fsp3) is 0.300. The van der Waals surface area contributed by atoms with E-state index in [0.29, 0.717) is 10.9 Å². The summed E-state index contributed by atoms with van der Waals surface area (Å²) >= 11 is 8.95. The molecule has 0 bridgehead atoms. The number of nitrogens with one attached hydrogen (secondary N) is 1. The smallest absolute Gasteiger partial charge is 0.251 e. The Morgan fingerprint density at radius 2 is 2.33 bits per heavy atom. The van der Waals surface area contributed by atoms with Crippen molar-refractivity contribution in [2.24, 2.45) is 0 Å². The van der Waals surface area contributed by atoms with Gasteiger partial charge in [-0.1, -0.05) is 27.5 Å². The van der Waals surface area contributed by atoms with E-state index in [1.165, 1.54) is 18.2 Å². The Bertz CT molecular complexity index is 370. The summed E-state index contributed by atoms with van der Waals surface area (Å²) < 4.78 is 0. The van der Waals surface area contributed by atoms with E-state index in [9.17, 15) is 9.90 Å². The highest BCUT2D eigenvalue weighted by molar-refractivity contribution is 9.09. The number of hydrogen-bond acceptors (Lipinski definition) is 2. The second-order valence-corrected chi connectivity index (χ2v) is 4.25. The van der Waals surface area contributed by atoms with Gasteiger partial charge in [-0.2, -0.15) is 0 Å². The maximum atomic E-state index is 11.6. The largest absolute Gasteiger partial charge is 0.506 e. The maximum absolute atomic E-state index is 11.6. The molecule has 1 aromatic rings. The Labute approximate surface area is 102 Å². The molecule has 0 radical (unpaired) electrons. The van der Waals surface area contributed by atoms with Gasteiger partial charge in [0.15, 0.2) is 0 Å². The van der Waals surface area contributed by atoms with Crippen molar-refractivity contribution in [1.82, 2.24) is 5.32 Å². The normalized spacial score (nSPS) is 12.2. The molecule has 82 valence electrons. The van der Waals surface area contributed by atoms with Gasteiger partial charge in [0.1, 0.15) is 5.75 Å². The standard InChI is InChI=1S/C10H11BrClNO2/c1-6(5-11)13-10(15)7-2-3-9(14)8(12)4-7/h2-4,6,14H,5H2,1H3,(H,13,15). The van der Waals surface area contributed by atoms with E-state index in [-0.39, 0.29) is 22.7 Å². The molecule has 0 aliphatic heterocycles. The molecule has 1 atom stereocenters. The van der Waals surface area contributed by atoms with Crippen molar-refractivity contribution in [3.8, 4) is 5.75 Å². The van der Waals surface area contributed by atoms with Crippen molar-refractivity contribution in [1.29, 1.82) is 0 Å². The highest BCUT2D eigenvalue weighted by atomic mass is 79.9. The summed E-state index contributed by atoms with van der Waals surface area (Å²) in [6.07, 6.45) is 0. The van der Waals surface area contributed by atoms with Gasteiger partial charge in [-0.3, -0.25) is 4.79 Å². The molecule has 0 saturated heterocycles. The van der Waals surface area contributed by atoms with Crippen LogP contribution < -0.4 is 5.32 Å². The van der Waals surface area contributed by atoms with Gasteiger partial charge in [0.25, 0.3) is 5.91 Å². The first-order chi connectivity index (χ1) is 7.04. The van der Waals surface area contributed by atoms with Gasteiger partial charge in [0, 0.05) is 16.9 Å². The molecular formula is C10H11BrClNO2. The minimum Gasteiger partial charge on any atom is -0.506 e. The number of halogens is 2. The monoisotopic (exact) mass is 291 g/mol. The number of phenolic OH excluding ortho intramolecular Hbond substituents is 1. The van der Waals surface area contributed by atoms with E-state index >= 15 is 0 Å². The van der Waals surface area contributed by atoms with Gasteiger partial charge >= 0.3 is 0 Å². The van der Waals surface area contributed by atoms with E-state index in [2.05, 4.69) is 21.2 Å². The first-order valence-corrected chi connectivity index (χ1v) is 5.90. The zero-order valence-electron chi connectivity index (χ0n) is 8.13. The summed E-state index contributed by atoms with van der Waals surface area (Å²) in [5.41, 5.74) is 0.436. The average Bonchev–Trinajstić information content (AvgIpc) is 2.21. The summed E-state index contributed by atoms with van der Waals surface area (Å²) in [5, 5.41) is 12.8. The number of alkyl halides is 1. The Balaban J connectivity index is 2.78. The summed E-state index contributed by atoms with van der Waals surface area (Å²) in [5.74, 6) is -0.231. The van der Waals surface area contributed by atoms with Gasteiger partial charge in [0.05, 0.1) is 5.02 Å². The second kappa shape index (κ2) is 5.37. The number of hydrogen-bond donors (Lipinski definition) is 2. The van der Waals surface area contributed by atoms with Crippen LogP contribution in [-0.2, 0) is 0 Å². The van der Waals surface area contributed by atoms with Gasteiger partial charge in [-0.15, -0.1) is 0 Å². The quantitative estimate of drug-likeness (QED) is 0.841. The number of aromatic hydroxyl groups is 1. The van der Waals surface area contributed by atoms with Gasteiger partial charge in [0.2, 0.25) is 0 Å². The third kappa shape index (κ3) is 3.39. The molecule has 0 aliphatic carbocycles. The molecule has 0 aliphatic rings. The van der Waals surface area contributed by atoms with E-state index in [0.717, 1.165) is 0 Å². The minimum absolute atomic E-state index is 0.0262. The lowest BCUT2D eigenvalue weighted by molar-refractivity contribution is 0.0944. The molecule has 15 heavy (non-hydrogen) atoms. The first-order valence-electron chi connectivity index (χ1n) is 4.40. The lowest BCUT2D eigenvalue weighted by Gasteiger charge is -2.10. The van der Waals surface area contributed by atoms with Gasteiger partial charge < -0.3 is 10.4 Å². The number of carbonyl (C=O) groups excluding carboxylic acids is 1. The van der Waals surface area contributed by atoms with E-state index < -0.39 is 0 Å². The highest BCUT2D eigenvalue weighted by Gasteiger charge is 2.10. The van der Waals surface area contributed by atoms with Crippen molar-refractivity contribution < 1.29 is 9.90 Å². The fourth-order valence-corrected chi connectivity index (χ4v) is 1.34. The van der Waals surface area contributed by atoms with E-state index in [1.54, 1.807) is 0 Å². The number of carbonyl (C=O) groups is 1. The number of amides is 1. The molecule has 2 N–H and O–H groups in total. The molecule has 1 unspecified atom stereocenters. The zero-order valence-corrected chi connectivity index (χ0v) is 10.5. The summed E-state index contributed by atoms with van der Waals surface area (Å²) in [6.45, 7) is 1.88. The molecule has 1 amide bonds. The molecule has 0 aromatic heterocycles. The van der Waals surface area contributed by atoms with Crippen LogP contribution in [0.1, 0.15) is 17.3 Å². The van der Waals surface area contributed by atoms with Gasteiger partial charge in [-0.25, -0.2) is 0 Å². The molecule has 0 spiro atoms. The maximum Gasteiger partial charge on any atom is 0.251 e. The van der Waals surface area contributed by atoms with Crippen molar-refractivity contribution in [3.63, 3.8) is 0 Å². The predicted octanol–water partition coefficient (Wildman–Crippen LogP) is 2.56. The second-order valence-electron chi connectivity index (χ2n) is 3.20. The molecule has 0 fully saturated rings. The number of benzene rings is 1.